The van der Waals surface area contributed by atoms with Gasteiger partial charge < -0.3 is 5.32 Å². The molecule has 0 unspecified atom stereocenters. The highest BCUT2D eigenvalue weighted by Gasteiger charge is 2.25. The first-order chi connectivity index (χ1) is 12.3. The van der Waals surface area contributed by atoms with Crippen LogP contribution in [0.3, 0.4) is 0 Å². The highest BCUT2D eigenvalue weighted by atomic mass is 16.2. The Morgan fingerprint density at radius 2 is 1.92 bits per heavy atom. The number of amides is 1. The van der Waals surface area contributed by atoms with Gasteiger partial charge in [-0.05, 0) is 37.8 Å². The smallest absolute Gasteiger partial charge is 0.273 e. The molecule has 8 nitrogen and oxygen atoms in total. The fraction of sp³-hybridized carbons (Fsp3) is 0.353. The van der Waals surface area contributed by atoms with Crippen molar-refractivity contribution in [1.82, 2.24) is 35.1 Å². The first kappa shape index (κ1) is 15.5. The number of rotatable bonds is 4. The van der Waals surface area contributed by atoms with Gasteiger partial charge in [0.25, 0.3) is 5.91 Å². The summed E-state index contributed by atoms with van der Waals surface area (Å²) in [6, 6.07) is 10.1. The molecule has 25 heavy (non-hydrogen) atoms. The summed E-state index contributed by atoms with van der Waals surface area (Å²) in [5, 5.41) is 15.3. The van der Waals surface area contributed by atoms with E-state index in [1.807, 2.05) is 35.0 Å². The van der Waals surface area contributed by atoms with Crippen LogP contribution >= 0.6 is 0 Å². The van der Waals surface area contributed by atoms with E-state index in [2.05, 4.69) is 25.7 Å². The Morgan fingerprint density at radius 1 is 1.12 bits per heavy atom. The van der Waals surface area contributed by atoms with Crippen molar-refractivity contribution >= 4 is 5.91 Å². The second-order valence-electron chi connectivity index (χ2n) is 6.24. The van der Waals surface area contributed by atoms with Crippen molar-refractivity contribution in [3.8, 4) is 5.69 Å². The van der Waals surface area contributed by atoms with Gasteiger partial charge in [-0.2, -0.15) is 5.10 Å². The number of carbonyl (C=O) groups excluding carboxylic acids is 1. The highest BCUT2D eigenvalue weighted by Crippen LogP contribution is 2.27. The third-order valence-corrected chi connectivity index (χ3v) is 4.59. The van der Waals surface area contributed by atoms with Crippen LogP contribution in [0.2, 0.25) is 0 Å². The summed E-state index contributed by atoms with van der Waals surface area (Å²) in [5.74, 6) is -0.175. The van der Waals surface area contributed by atoms with Gasteiger partial charge in [-0.3, -0.25) is 4.79 Å². The summed E-state index contributed by atoms with van der Waals surface area (Å²) >= 11 is 0. The Kier molecular flexibility index (Phi) is 4.24. The molecule has 1 aliphatic carbocycles. The van der Waals surface area contributed by atoms with E-state index in [-0.39, 0.29) is 11.9 Å². The Balaban J connectivity index is 1.35. The van der Waals surface area contributed by atoms with E-state index in [0.29, 0.717) is 11.7 Å². The Labute approximate surface area is 144 Å². The van der Waals surface area contributed by atoms with Crippen LogP contribution in [-0.4, -0.2) is 41.7 Å². The van der Waals surface area contributed by atoms with Gasteiger partial charge in [0.1, 0.15) is 12.7 Å². The molecule has 0 aliphatic heterocycles. The lowest BCUT2D eigenvalue weighted by Crippen LogP contribution is -2.38. The zero-order valence-electron chi connectivity index (χ0n) is 13.7. The van der Waals surface area contributed by atoms with Gasteiger partial charge in [-0.1, -0.05) is 23.4 Å². The van der Waals surface area contributed by atoms with Crippen LogP contribution in [0.25, 0.3) is 5.69 Å². The van der Waals surface area contributed by atoms with Crippen LogP contribution in [0.5, 0.6) is 0 Å². The summed E-state index contributed by atoms with van der Waals surface area (Å²) in [6.07, 6.45) is 8.77. The molecule has 0 spiro atoms. The van der Waals surface area contributed by atoms with E-state index < -0.39 is 0 Å². The molecule has 1 saturated carbocycles. The van der Waals surface area contributed by atoms with Crippen LogP contribution in [0.4, 0.5) is 0 Å². The van der Waals surface area contributed by atoms with E-state index in [9.17, 15) is 4.79 Å². The molecule has 1 fully saturated rings. The number of hydrogen-bond donors (Lipinski definition) is 1. The molecule has 0 bridgehead atoms. The molecular formula is C17H19N7O. The van der Waals surface area contributed by atoms with Gasteiger partial charge in [0, 0.05) is 6.04 Å². The largest absolute Gasteiger partial charge is 0.348 e. The van der Waals surface area contributed by atoms with Crippen molar-refractivity contribution in [3.05, 3.63) is 54.9 Å². The monoisotopic (exact) mass is 337 g/mol. The minimum Gasteiger partial charge on any atom is -0.348 e. The molecule has 4 rings (SSSR count). The summed E-state index contributed by atoms with van der Waals surface area (Å²) in [6.45, 7) is 0. The number of carbonyl (C=O) groups is 1. The van der Waals surface area contributed by atoms with Crippen LogP contribution < -0.4 is 5.32 Å². The van der Waals surface area contributed by atoms with Gasteiger partial charge in [0.15, 0.2) is 5.69 Å². The lowest BCUT2D eigenvalue weighted by atomic mass is 9.91. The summed E-state index contributed by atoms with van der Waals surface area (Å²) < 4.78 is 3.51. The summed E-state index contributed by atoms with van der Waals surface area (Å²) in [5.41, 5.74) is 1.21. The maximum Gasteiger partial charge on any atom is 0.273 e. The third kappa shape index (κ3) is 3.42. The van der Waals surface area contributed by atoms with E-state index in [0.717, 1.165) is 31.4 Å². The van der Waals surface area contributed by atoms with Gasteiger partial charge in [0.2, 0.25) is 0 Å². The number of para-hydroxylation sites is 1. The fourth-order valence-corrected chi connectivity index (χ4v) is 3.22. The molecule has 128 valence electrons. The molecule has 8 heteroatoms. The van der Waals surface area contributed by atoms with Crippen LogP contribution in [0.1, 0.15) is 42.2 Å². The number of aromatic nitrogens is 6. The zero-order chi connectivity index (χ0) is 17.1. The molecule has 0 saturated heterocycles. The van der Waals surface area contributed by atoms with Gasteiger partial charge in [-0.25, -0.2) is 14.3 Å². The number of hydrogen-bond acceptors (Lipinski definition) is 5. The predicted octanol–water partition coefficient (Wildman–Crippen LogP) is 1.77. The SMILES string of the molecule is O=C(NC1CCC(n2cncn2)CC1)c1cn(-c2ccccc2)nn1. The fourth-order valence-electron chi connectivity index (χ4n) is 3.22. The average molecular weight is 337 g/mol. The van der Waals surface area contributed by atoms with Crippen molar-refractivity contribution in [2.45, 2.75) is 37.8 Å². The first-order valence-corrected chi connectivity index (χ1v) is 8.42. The molecule has 1 amide bonds. The van der Waals surface area contributed by atoms with Crippen molar-refractivity contribution in [1.29, 1.82) is 0 Å². The molecule has 1 N–H and O–H groups in total. The normalized spacial score (nSPS) is 20.3. The number of benzene rings is 1. The van der Waals surface area contributed by atoms with E-state index in [1.54, 1.807) is 23.5 Å². The van der Waals surface area contributed by atoms with Crippen molar-refractivity contribution in [2.75, 3.05) is 0 Å². The molecule has 1 aromatic carbocycles. The van der Waals surface area contributed by atoms with E-state index in [1.165, 1.54) is 0 Å². The minimum absolute atomic E-state index is 0.161. The topological polar surface area (TPSA) is 90.5 Å². The predicted molar refractivity (Wildman–Crippen MR) is 90.1 cm³/mol. The Hall–Kier alpha value is -3.03. The molecular weight excluding hydrogens is 318 g/mol. The molecule has 3 aromatic rings. The number of nitrogens with zero attached hydrogens (tertiary/aromatic N) is 6. The van der Waals surface area contributed by atoms with Gasteiger partial charge in [-0.15, -0.1) is 5.10 Å². The Bertz CT molecular complexity index is 820. The maximum atomic E-state index is 12.4. The highest BCUT2D eigenvalue weighted by molar-refractivity contribution is 5.92. The third-order valence-electron chi connectivity index (χ3n) is 4.59. The van der Waals surface area contributed by atoms with E-state index >= 15 is 0 Å². The van der Waals surface area contributed by atoms with Crippen LogP contribution in [0.15, 0.2) is 49.2 Å². The zero-order valence-corrected chi connectivity index (χ0v) is 13.7. The van der Waals surface area contributed by atoms with Crippen molar-refractivity contribution < 1.29 is 4.79 Å². The standard InChI is InChI=1S/C17H19N7O/c25-17(16-10-23(22-21-16)14-4-2-1-3-5-14)20-13-6-8-15(9-7-13)24-12-18-11-19-24/h1-5,10-13,15H,6-9H2,(H,20,25). The summed E-state index contributed by atoms with van der Waals surface area (Å²) in [7, 11) is 0. The quantitative estimate of drug-likeness (QED) is 0.783. The van der Waals surface area contributed by atoms with Gasteiger partial charge in [0.05, 0.1) is 17.9 Å². The second-order valence-corrected chi connectivity index (χ2v) is 6.24. The average Bonchev–Trinajstić information content (AvgIpc) is 3.35. The first-order valence-electron chi connectivity index (χ1n) is 8.42. The molecule has 2 heterocycles. The molecule has 0 radical (unpaired) electrons. The lowest BCUT2D eigenvalue weighted by molar-refractivity contribution is 0.0916. The Morgan fingerprint density at radius 3 is 2.64 bits per heavy atom. The minimum atomic E-state index is -0.175. The lowest BCUT2D eigenvalue weighted by Gasteiger charge is -2.28. The second kappa shape index (κ2) is 6.84. The van der Waals surface area contributed by atoms with Gasteiger partial charge >= 0.3 is 0 Å². The van der Waals surface area contributed by atoms with E-state index in [4.69, 9.17) is 0 Å². The summed E-state index contributed by atoms with van der Waals surface area (Å²) in [4.78, 5) is 16.4. The van der Waals surface area contributed by atoms with Crippen molar-refractivity contribution in [3.63, 3.8) is 0 Å². The molecule has 2 aromatic heterocycles. The van der Waals surface area contributed by atoms with Crippen LogP contribution in [0, 0.1) is 0 Å². The molecule has 1 aliphatic rings. The maximum absolute atomic E-state index is 12.4. The number of nitrogens with one attached hydrogen (secondary N) is 1. The molecule has 0 atom stereocenters. The van der Waals surface area contributed by atoms with Crippen molar-refractivity contribution in [2.24, 2.45) is 0 Å². The van der Waals surface area contributed by atoms with Crippen LogP contribution in [-0.2, 0) is 0 Å².